The number of aliphatic hydroxyl groups is 1. The highest BCUT2D eigenvalue weighted by atomic mass is 16.6. The molecule has 4 fully saturated rings. The molecule has 40 heavy (non-hydrogen) atoms. The first kappa shape index (κ1) is 27.4. The molecule has 10 heteroatoms. The summed E-state index contributed by atoms with van der Waals surface area (Å²) in [6.07, 6.45) is -0.765. The van der Waals surface area contributed by atoms with Gasteiger partial charge in [-0.2, -0.15) is 0 Å². The van der Waals surface area contributed by atoms with E-state index in [-0.39, 0.29) is 29.3 Å². The number of rotatable bonds is 4. The van der Waals surface area contributed by atoms with Crippen LogP contribution < -0.4 is 5.56 Å². The van der Waals surface area contributed by atoms with Crippen molar-refractivity contribution in [2.45, 2.75) is 83.8 Å². The van der Waals surface area contributed by atoms with E-state index in [0.717, 1.165) is 25.2 Å². The number of ether oxygens (including phenoxy) is 3. The molecule has 2 saturated carbocycles. The fraction of sp³-hybridized carbons (Fsp3) is 0.733. The summed E-state index contributed by atoms with van der Waals surface area (Å²) in [5.74, 6) is -1.96. The smallest absolute Gasteiger partial charge is 0.311 e. The van der Waals surface area contributed by atoms with Crippen LogP contribution in [0, 0.1) is 35.0 Å². The molecule has 0 amide bonds. The second kappa shape index (κ2) is 9.98. The van der Waals surface area contributed by atoms with Gasteiger partial charge in [0.05, 0.1) is 12.0 Å². The standard InChI is InChI=1S/C30H40N2O8/c1-15-8-22-26(28(36)30(4)24(39-17(3)34)10-23(27(15)30)38-16(2)33)20(29(37)40-22)14-31-11-18-9-19(13-31)21-6-5-7-25(35)32(21)12-18/h5-7,15,18-20,22-24,26-28,36H,8-14H2,1-4H3. The van der Waals surface area contributed by atoms with E-state index in [0.29, 0.717) is 31.8 Å². The van der Waals surface area contributed by atoms with E-state index in [1.165, 1.54) is 13.8 Å². The minimum atomic E-state index is -1.00. The molecule has 6 rings (SSSR count). The van der Waals surface area contributed by atoms with Crippen molar-refractivity contribution < 1.29 is 33.7 Å². The third kappa shape index (κ3) is 4.38. The van der Waals surface area contributed by atoms with E-state index in [9.17, 15) is 24.3 Å². The van der Waals surface area contributed by atoms with Crippen molar-refractivity contribution in [3.63, 3.8) is 0 Å². The first-order chi connectivity index (χ1) is 19.0. The summed E-state index contributed by atoms with van der Waals surface area (Å²) in [5.41, 5.74) is 0.160. The number of piperidine rings is 1. The summed E-state index contributed by atoms with van der Waals surface area (Å²) in [5, 5.41) is 12.2. The maximum absolute atomic E-state index is 13.4. The van der Waals surface area contributed by atoms with Crippen molar-refractivity contribution in [1.82, 2.24) is 9.47 Å². The van der Waals surface area contributed by atoms with E-state index in [1.54, 1.807) is 6.07 Å². The van der Waals surface area contributed by atoms with Crippen LogP contribution in [0.1, 0.15) is 58.6 Å². The predicted octanol–water partition coefficient (Wildman–Crippen LogP) is 1.72. The molecule has 0 radical (unpaired) electrons. The summed E-state index contributed by atoms with van der Waals surface area (Å²) in [4.78, 5) is 52.2. The second-order valence-electron chi connectivity index (χ2n) is 13.1. The van der Waals surface area contributed by atoms with E-state index in [1.807, 2.05) is 30.5 Å². The Morgan fingerprint density at radius 1 is 1.07 bits per heavy atom. The number of hydrogen-bond donors (Lipinski definition) is 1. The molecule has 4 heterocycles. The Hall–Kier alpha value is -2.72. The summed E-state index contributed by atoms with van der Waals surface area (Å²) < 4.78 is 19.3. The number of aliphatic hydroxyl groups excluding tert-OH is 1. The Labute approximate surface area is 233 Å². The summed E-state index contributed by atoms with van der Waals surface area (Å²) in [6, 6.07) is 5.45. The molecule has 3 aliphatic heterocycles. The number of likely N-dealkylation sites (tertiary alicyclic amines) is 1. The van der Waals surface area contributed by atoms with Crippen molar-refractivity contribution >= 4 is 17.9 Å². The van der Waals surface area contributed by atoms with Crippen LogP contribution in [0.2, 0.25) is 0 Å². The van der Waals surface area contributed by atoms with E-state index in [2.05, 4.69) is 4.90 Å². The number of carbonyl (C=O) groups is 3. The number of esters is 3. The molecule has 5 aliphatic rings. The Morgan fingerprint density at radius 3 is 2.55 bits per heavy atom. The van der Waals surface area contributed by atoms with Gasteiger partial charge in [-0.25, -0.2) is 0 Å². The SMILES string of the molecule is CC(=O)OC1CC(OC(C)=O)C2(C)C(O)C3C(CC(C)C12)OC(=O)C3CN1CC2CC(C1)c1cccc(=O)n1C2. The van der Waals surface area contributed by atoms with E-state index >= 15 is 0 Å². The molecule has 0 spiro atoms. The quantitative estimate of drug-likeness (QED) is 0.436. The summed E-state index contributed by atoms with van der Waals surface area (Å²) in [6.45, 7) is 9.30. The van der Waals surface area contributed by atoms with Crippen LogP contribution in [-0.4, -0.2) is 76.5 Å². The van der Waals surface area contributed by atoms with Gasteiger partial charge in [-0.15, -0.1) is 0 Å². The predicted molar refractivity (Wildman–Crippen MR) is 142 cm³/mol. The van der Waals surface area contributed by atoms with Crippen molar-refractivity contribution in [3.8, 4) is 0 Å². The first-order valence-corrected chi connectivity index (χ1v) is 14.6. The summed E-state index contributed by atoms with van der Waals surface area (Å²) >= 11 is 0. The van der Waals surface area contributed by atoms with Crippen LogP contribution in [0.5, 0.6) is 0 Å². The van der Waals surface area contributed by atoms with Gasteiger partial charge in [0.25, 0.3) is 5.56 Å². The number of aromatic nitrogens is 1. The van der Waals surface area contributed by atoms with Crippen molar-refractivity contribution in [2.75, 3.05) is 19.6 Å². The van der Waals surface area contributed by atoms with Crippen LogP contribution >= 0.6 is 0 Å². The monoisotopic (exact) mass is 556 g/mol. The lowest BCUT2D eigenvalue weighted by Gasteiger charge is -2.45. The zero-order valence-corrected chi connectivity index (χ0v) is 23.7. The highest BCUT2D eigenvalue weighted by Crippen LogP contribution is 2.59. The number of carbonyl (C=O) groups excluding carboxylic acids is 3. The normalized spacial score (nSPS) is 42.2. The van der Waals surface area contributed by atoms with Crippen LogP contribution in [0.25, 0.3) is 0 Å². The van der Waals surface area contributed by atoms with E-state index in [4.69, 9.17) is 14.2 Å². The van der Waals surface area contributed by atoms with Crippen LogP contribution in [0.15, 0.2) is 23.0 Å². The van der Waals surface area contributed by atoms with Crippen molar-refractivity contribution in [3.05, 3.63) is 34.2 Å². The maximum atomic E-state index is 13.4. The van der Waals surface area contributed by atoms with Gasteiger partial charge in [0.15, 0.2) is 0 Å². The lowest BCUT2D eigenvalue weighted by molar-refractivity contribution is -0.165. The number of nitrogens with zero attached hydrogens (tertiary/aromatic N) is 2. The minimum absolute atomic E-state index is 0.0345. The maximum Gasteiger partial charge on any atom is 0.311 e. The molecule has 11 atom stereocenters. The average Bonchev–Trinajstić information content (AvgIpc) is 3.28. The Balaban J connectivity index is 1.29. The molecular weight excluding hydrogens is 516 g/mol. The van der Waals surface area contributed by atoms with Gasteiger partial charge in [-0.3, -0.25) is 19.2 Å². The van der Waals surface area contributed by atoms with Crippen LogP contribution in [-0.2, 0) is 35.1 Å². The lowest BCUT2D eigenvalue weighted by Crippen LogP contribution is -2.53. The number of pyridine rings is 1. The third-order valence-corrected chi connectivity index (χ3v) is 10.6. The molecule has 1 N–H and O–H groups in total. The topological polar surface area (TPSA) is 124 Å². The van der Waals surface area contributed by atoms with Crippen molar-refractivity contribution in [1.29, 1.82) is 0 Å². The van der Waals surface area contributed by atoms with E-state index < -0.39 is 53.6 Å². The Kier molecular flexibility index (Phi) is 6.85. The van der Waals surface area contributed by atoms with Gasteiger partial charge in [-0.05, 0) is 30.7 Å². The molecule has 10 nitrogen and oxygen atoms in total. The Bertz CT molecular complexity index is 1260. The zero-order chi connectivity index (χ0) is 28.5. The summed E-state index contributed by atoms with van der Waals surface area (Å²) in [7, 11) is 0. The van der Waals surface area contributed by atoms with Crippen LogP contribution in [0.4, 0.5) is 0 Å². The molecule has 218 valence electrons. The van der Waals surface area contributed by atoms with Gasteiger partial charge >= 0.3 is 17.9 Å². The molecule has 2 bridgehead atoms. The largest absolute Gasteiger partial charge is 0.462 e. The number of hydrogen-bond acceptors (Lipinski definition) is 9. The fourth-order valence-corrected chi connectivity index (χ4v) is 9.21. The minimum Gasteiger partial charge on any atom is -0.462 e. The van der Waals surface area contributed by atoms with Gasteiger partial charge in [-0.1, -0.05) is 19.9 Å². The number of fused-ring (bicyclic) bond motifs is 6. The molecule has 0 aromatic carbocycles. The first-order valence-electron chi connectivity index (χ1n) is 14.6. The molecule has 1 aromatic heterocycles. The van der Waals surface area contributed by atoms with Gasteiger partial charge in [0.1, 0.15) is 18.3 Å². The fourth-order valence-electron chi connectivity index (χ4n) is 9.21. The highest BCUT2D eigenvalue weighted by molar-refractivity contribution is 5.76. The molecule has 2 aliphatic carbocycles. The third-order valence-electron chi connectivity index (χ3n) is 10.6. The molecule has 1 aromatic rings. The molecule has 2 saturated heterocycles. The van der Waals surface area contributed by atoms with Gasteiger partial charge < -0.3 is 28.8 Å². The highest BCUT2D eigenvalue weighted by Gasteiger charge is 2.67. The molecule has 11 unspecified atom stereocenters. The lowest BCUT2D eigenvalue weighted by atomic mass is 9.66. The zero-order valence-electron chi connectivity index (χ0n) is 23.7. The second-order valence-corrected chi connectivity index (χ2v) is 13.1. The van der Waals surface area contributed by atoms with Crippen molar-refractivity contribution in [2.24, 2.45) is 35.0 Å². The molecular formula is C30H40N2O8. The van der Waals surface area contributed by atoms with Gasteiger partial charge in [0, 0.05) is 81.4 Å². The average molecular weight is 557 g/mol. The van der Waals surface area contributed by atoms with Gasteiger partial charge in [0.2, 0.25) is 0 Å². The Morgan fingerprint density at radius 2 is 1.82 bits per heavy atom. The van der Waals surface area contributed by atoms with Crippen LogP contribution in [0.3, 0.4) is 0 Å².